The van der Waals surface area contributed by atoms with Gasteiger partial charge in [0.1, 0.15) is 6.61 Å². The number of nitrogens with one attached hydrogen (secondary N) is 1. The summed E-state index contributed by atoms with van der Waals surface area (Å²) in [7, 11) is 0. The van der Waals surface area contributed by atoms with Crippen molar-refractivity contribution in [3.63, 3.8) is 0 Å². The van der Waals surface area contributed by atoms with Crippen LogP contribution in [0.3, 0.4) is 0 Å². The van der Waals surface area contributed by atoms with Crippen molar-refractivity contribution in [1.82, 2.24) is 10.3 Å². The Labute approximate surface area is 117 Å². The molecule has 1 heterocycles. The van der Waals surface area contributed by atoms with Gasteiger partial charge in [0.2, 0.25) is 5.88 Å². The van der Waals surface area contributed by atoms with Crippen LogP contribution in [0.25, 0.3) is 10.9 Å². The molecule has 0 atom stereocenters. The first-order valence-corrected chi connectivity index (χ1v) is 5.94. The van der Waals surface area contributed by atoms with Gasteiger partial charge in [0.15, 0.2) is 0 Å². The van der Waals surface area contributed by atoms with Crippen LogP contribution >= 0.6 is 0 Å². The maximum Gasteiger partial charge on any atom is 0.416 e. The van der Waals surface area contributed by atoms with Gasteiger partial charge < -0.3 is 15.2 Å². The molecule has 0 spiro atoms. The van der Waals surface area contributed by atoms with E-state index < -0.39 is 17.8 Å². The maximum atomic E-state index is 12.6. The van der Waals surface area contributed by atoms with E-state index in [1.54, 1.807) is 0 Å². The number of amides is 1. The molecule has 1 aromatic heterocycles. The normalized spacial score (nSPS) is 11.4. The Hall–Kier alpha value is -2.51. The molecule has 112 valence electrons. The van der Waals surface area contributed by atoms with Gasteiger partial charge in [0.05, 0.1) is 17.6 Å². The largest absolute Gasteiger partial charge is 0.476 e. The molecule has 0 saturated heterocycles. The molecule has 8 heteroatoms. The van der Waals surface area contributed by atoms with Crippen LogP contribution in [0.15, 0.2) is 30.3 Å². The quantitative estimate of drug-likeness (QED) is 0.852. The number of halogens is 3. The molecule has 2 rings (SSSR count). The molecule has 1 amide bonds. The number of alkyl halides is 3. The SMILES string of the molecule is O=C(O)NCCOc1ccc2cc(C(F)(F)F)ccc2n1. The fraction of sp³-hybridized carbons (Fsp3) is 0.231. The second-order valence-electron chi connectivity index (χ2n) is 4.14. The lowest BCUT2D eigenvalue weighted by Crippen LogP contribution is -2.26. The van der Waals surface area contributed by atoms with Crippen LogP contribution in [-0.2, 0) is 6.18 Å². The number of pyridine rings is 1. The Kier molecular flexibility index (Phi) is 4.15. The molecule has 0 fully saturated rings. The van der Waals surface area contributed by atoms with Crippen LogP contribution < -0.4 is 10.1 Å². The second-order valence-corrected chi connectivity index (χ2v) is 4.14. The molecule has 0 aliphatic carbocycles. The minimum Gasteiger partial charge on any atom is -0.476 e. The number of hydrogen-bond donors (Lipinski definition) is 2. The topological polar surface area (TPSA) is 71.5 Å². The second kappa shape index (κ2) is 5.86. The summed E-state index contributed by atoms with van der Waals surface area (Å²) in [4.78, 5) is 14.3. The highest BCUT2D eigenvalue weighted by molar-refractivity contribution is 5.80. The molecule has 0 radical (unpaired) electrons. The molecule has 0 bridgehead atoms. The van der Waals surface area contributed by atoms with E-state index in [1.807, 2.05) is 0 Å². The first kappa shape index (κ1) is 14.9. The monoisotopic (exact) mass is 300 g/mol. The Morgan fingerprint density at radius 1 is 1.29 bits per heavy atom. The standard InChI is InChI=1S/C13H11F3N2O3/c14-13(15,16)9-2-3-10-8(7-9)1-4-11(18-10)21-6-5-17-12(19)20/h1-4,7,17H,5-6H2,(H,19,20). The highest BCUT2D eigenvalue weighted by Crippen LogP contribution is 2.31. The lowest BCUT2D eigenvalue weighted by Gasteiger charge is -2.09. The molecule has 2 N–H and O–H groups in total. The van der Waals surface area contributed by atoms with E-state index in [1.165, 1.54) is 18.2 Å². The predicted octanol–water partition coefficient (Wildman–Crippen LogP) is 2.90. The van der Waals surface area contributed by atoms with Crippen molar-refractivity contribution >= 4 is 17.0 Å². The summed E-state index contributed by atoms with van der Waals surface area (Å²) >= 11 is 0. The van der Waals surface area contributed by atoms with Gasteiger partial charge in [-0.25, -0.2) is 9.78 Å². The number of carboxylic acid groups (broad SMARTS) is 1. The van der Waals surface area contributed by atoms with Crippen molar-refractivity contribution in [3.05, 3.63) is 35.9 Å². The molecule has 5 nitrogen and oxygen atoms in total. The van der Waals surface area contributed by atoms with Crippen LogP contribution in [-0.4, -0.2) is 29.3 Å². The van der Waals surface area contributed by atoms with Crippen molar-refractivity contribution in [1.29, 1.82) is 0 Å². The average Bonchev–Trinajstić information content (AvgIpc) is 2.41. The summed E-state index contributed by atoms with van der Waals surface area (Å²) < 4.78 is 42.9. The Bertz CT molecular complexity index is 659. The molecule has 0 aliphatic rings. The fourth-order valence-corrected chi connectivity index (χ4v) is 1.68. The number of hydrogen-bond acceptors (Lipinski definition) is 3. The van der Waals surface area contributed by atoms with Crippen LogP contribution in [0.2, 0.25) is 0 Å². The van der Waals surface area contributed by atoms with Crippen molar-refractivity contribution in [3.8, 4) is 5.88 Å². The van der Waals surface area contributed by atoms with Crippen LogP contribution in [0.5, 0.6) is 5.88 Å². The van der Waals surface area contributed by atoms with Crippen LogP contribution in [0.4, 0.5) is 18.0 Å². The van der Waals surface area contributed by atoms with E-state index in [0.717, 1.165) is 12.1 Å². The van der Waals surface area contributed by atoms with E-state index in [4.69, 9.17) is 9.84 Å². The Morgan fingerprint density at radius 3 is 2.71 bits per heavy atom. The van der Waals surface area contributed by atoms with Crippen LogP contribution in [0.1, 0.15) is 5.56 Å². The molecule has 0 unspecified atom stereocenters. The first-order valence-electron chi connectivity index (χ1n) is 5.94. The number of ether oxygens (including phenoxy) is 1. The van der Waals surface area contributed by atoms with Gasteiger partial charge >= 0.3 is 12.3 Å². The first-order chi connectivity index (χ1) is 9.86. The summed E-state index contributed by atoms with van der Waals surface area (Å²) in [6, 6.07) is 6.13. The molecule has 21 heavy (non-hydrogen) atoms. The zero-order valence-electron chi connectivity index (χ0n) is 10.6. The van der Waals surface area contributed by atoms with Gasteiger partial charge in [-0.3, -0.25) is 0 Å². The number of carbonyl (C=O) groups is 1. The minimum atomic E-state index is -4.40. The summed E-state index contributed by atoms with van der Waals surface area (Å²) in [5.74, 6) is 0.217. The summed E-state index contributed by atoms with van der Waals surface area (Å²) in [6.07, 6.45) is -5.56. The molecule has 2 aromatic rings. The Balaban J connectivity index is 2.10. The maximum absolute atomic E-state index is 12.6. The van der Waals surface area contributed by atoms with E-state index in [0.29, 0.717) is 10.9 Å². The van der Waals surface area contributed by atoms with Crippen LogP contribution in [0, 0.1) is 0 Å². The molecular formula is C13H11F3N2O3. The summed E-state index contributed by atoms with van der Waals surface area (Å²) in [5.41, 5.74) is -0.372. The Morgan fingerprint density at radius 2 is 2.05 bits per heavy atom. The van der Waals surface area contributed by atoms with E-state index in [2.05, 4.69) is 10.3 Å². The zero-order chi connectivity index (χ0) is 15.5. The highest BCUT2D eigenvalue weighted by Gasteiger charge is 2.30. The fourth-order valence-electron chi connectivity index (χ4n) is 1.68. The number of nitrogens with zero attached hydrogens (tertiary/aromatic N) is 1. The van der Waals surface area contributed by atoms with Crippen molar-refractivity contribution in [2.45, 2.75) is 6.18 Å². The summed E-state index contributed by atoms with van der Waals surface area (Å²) in [5, 5.41) is 10.8. The van der Waals surface area contributed by atoms with E-state index in [-0.39, 0.29) is 19.0 Å². The minimum absolute atomic E-state index is 0.0748. The number of benzene rings is 1. The zero-order valence-corrected chi connectivity index (χ0v) is 10.6. The molecule has 0 aliphatic heterocycles. The third-order valence-electron chi connectivity index (χ3n) is 2.62. The summed E-state index contributed by atoms with van der Waals surface area (Å²) in [6.45, 7) is 0.160. The lowest BCUT2D eigenvalue weighted by atomic mass is 10.1. The van der Waals surface area contributed by atoms with Crippen molar-refractivity contribution in [2.75, 3.05) is 13.2 Å². The van der Waals surface area contributed by atoms with Gasteiger partial charge in [-0.2, -0.15) is 13.2 Å². The van der Waals surface area contributed by atoms with Gasteiger partial charge in [-0.15, -0.1) is 0 Å². The lowest BCUT2D eigenvalue weighted by molar-refractivity contribution is -0.137. The highest BCUT2D eigenvalue weighted by atomic mass is 19.4. The number of aromatic nitrogens is 1. The average molecular weight is 300 g/mol. The van der Waals surface area contributed by atoms with Crippen molar-refractivity contribution < 1.29 is 27.8 Å². The van der Waals surface area contributed by atoms with Gasteiger partial charge in [0, 0.05) is 11.5 Å². The van der Waals surface area contributed by atoms with Crippen molar-refractivity contribution in [2.24, 2.45) is 0 Å². The predicted molar refractivity (Wildman–Crippen MR) is 68.3 cm³/mol. The molecule has 0 saturated carbocycles. The van der Waals surface area contributed by atoms with Gasteiger partial charge in [-0.1, -0.05) is 0 Å². The third kappa shape index (κ3) is 3.98. The molecular weight excluding hydrogens is 289 g/mol. The molecule has 1 aromatic carbocycles. The van der Waals surface area contributed by atoms with Gasteiger partial charge in [-0.05, 0) is 24.3 Å². The van der Waals surface area contributed by atoms with E-state index in [9.17, 15) is 18.0 Å². The number of fused-ring (bicyclic) bond motifs is 1. The third-order valence-corrected chi connectivity index (χ3v) is 2.62. The van der Waals surface area contributed by atoms with E-state index >= 15 is 0 Å². The smallest absolute Gasteiger partial charge is 0.416 e. The van der Waals surface area contributed by atoms with Gasteiger partial charge in [0.25, 0.3) is 0 Å². The number of rotatable bonds is 4.